The number of aromatic amines is 1. The highest BCUT2D eigenvalue weighted by molar-refractivity contribution is 5.90. The Morgan fingerprint density at radius 3 is 2.15 bits per heavy atom. The van der Waals surface area contributed by atoms with E-state index in [1.54, 1.807) is 6.20 Å². The van der Waals surface area contributed by atoms with Crippen molar-refractivity contribution in [2.75, 3.05) is 6.54 Å². The number of aliphatic hydroxyl groups is 1. The van der Waals surface area contributed by atoms with Crippen molar-refractivity contribution in [2.45, 2.75) is 95.5 Å². The van der Waals surface area contributed by atoms with E-state index in [1.807, 2.05) is 54.6 Å². The minimum Gasteiger partial charge on any atom is -0.391 e. The Morgan fingerprint density at radius 1 is 0.812 bits per heavy atom. The maximum absolute atomic E-state index is 13.9. The zero-order valence-corrected chi connectivity index (χ0v) is 27.7. The molecule has 0 bridgehead atoms. The first kappa shape index (κ1) is 37.7. The number of unbranched alkanes of at least 4 members (excludes halogenated alkanes) is 1. The minimum absolute atomic E-state index is 0.0604. The van der Waals surface area contributed by atoms with Crippen LogP contribution in [0.2, 0.25) is 0 Å². The van der Waals surface area contributed by atoms with Crippen LogP contribution >= 0.6 is 0 Å². The third-order valence-electron chi connectivity index (χ3n) is 8.05. The van der Waals surface area contributed by atoms with Gasteiger partial charge in [-0.3, -0.25) is 24.0 Å². The van der Waals surface area contributed by atoms with Crippen LogP contribution in [0.3, 0.4) is 0 Å². The summed E-state index contributed by atoms with van der Waals surface area (Å²) in [5, 5.41) is 22.3. The summed E-state index contributed by atoms with van der Waals surface area (Å²) in [6.07, 6.45) is 2.67. The van der Waals surface area contributed by atoms with Crippen molar-refractivity contribution in [3.05, 3.63) is 71.9 Å². The Hall–Kier alpha value is -4.75. The molecule has 1 heterocycles. The van der Waals surface area contributed by atoms with Crippen molar-refractivity contribution in [2.24, 2.45) is 11.5 Å². The van der Waals surface area contributed by atoms with Gasteiger partial charge >= 0.3 is 0 Å². The Kier molecular flexibility index (Phi) is 15.1. The molecule has 0 saturated carbocycles. The van der Waals surface area contributed by atoms with Crippen molar-refractivity contribution in [3.63, 3.8) is 0 Å². The highest BCUT2D eigenvalue weighted by Gasteiger charge is 2.28. The number of primary amides is 1. The zero-order valence-electron chi connectivity index (χ0n) is 27.7. The Bertz CT molecular complexity index is 1510. The van der Waals surface area contributed by atoms with Crippen LogP contribution in [0.15, 0.2) is 60.8 Å². The second-order valence-corrected chi connectivity index (χ2v) is 12.3. The van der Waals surface area contributed by atoms with Crippen LogP contribution in [0.1, 0.15) is 63.5 Å². The van der Waals surface area contributed by atoms with Gasteiger partial charge in [-0.2, -0.15) is 0 Å². The highest BCUT2D eigenvalue weighted by Crippen LogP contribution is 2.20. The summed E-state index contributed by atoms with van der Waals surface area (Å²) in [5.41, 5.74) is 13.6. The lowest BCUT2D eigenvalue weighted by molar-refractivity contribution is -0.130. The largest absolute Gasteiger partial charge is 0.391 e. The third-order valence-corrected chi connectivity index (χ3v) is 8.05. The van der Waals surface area contributed by atoms with Crippen molar-refractivity contribution in [1.82, 2.24) is 26.3 Å². The van der Waals surface area contributed by atoms with Crippen LogP contribution in [0.5, 0.6) is 0 Å². The molecule has 0 saturated heterocycles. The SMILES string of the molecule is CC(=O)N[C@H](CC(=O)N[C@@H](Cc1c[nH]c2ccccc12)C(=O)N[C@@H](CCCCN)CC(=O)N[C@H](CC(N)=O)[C@H](C)O)Cc1ccccc1. The fraction of sp³-hybridized carbons (Fsp3) is 0.457. The molecule has 10 N–H and O–H groups in total. The van der Waals surface area contributed by atoms with Crippen LogP contribution < -0.4 is 32.7 Å². The van der Waals surface area contributed by atoms with E-state index in [2.05, 4.69) is 26.3 Å². The molecule has 0 aliphatic heterocycles. The number of aliphatic hydroxyl groups excluding tert-OH is 1. The average molecular weight is 664 g/mol. The zero-order chi connectivity index (χ0) is 35.1. The van der Waals surface area contributed by atoms with E-state index in [0.717, 1.165) is 22.0 Å². The quantitative estimate of drug-likeness (QED) is 0.0821. The van der Waals surface area contributed by atoms with Crippen molar-refractivity contribution < 1.29 is 29.1 Å². The molecule has 0 unspecified atom stereocenters. The standard InChI is InChI=1S/C35H49N7O6/c1-22(43)30(20-32(37)45)41-33(46)18-26(12-8-9-15-36)40-35(48)31(17-25-21-38-29-14-7-6-13-28(25)29)42-34(47)19-27(39-23(2)44)16-24-10-4-3-5-11-24/h3-7,10-11,13-14,21-22,26-27,30-31,38,43H,8-9,12,15-20,36H2,1-2H3,(H2,37,45)(H,39,44)(H,40,48)(H,41,46)(H,42,47)/t22-,26-,27-,30+,31-/m0/s1. The molecule has 2 aromatic carbocycles. The lowest BCUT2D eigenvalue weighted by Gasteiger charge is -2.26. The summed E-state index contributed by atoms with van der Waals surface area (Å²) in [4.78, 5) is 67.1. The number of aromatic nitrogens is 1. The van der Waals surface area contributed by atoms with Crippen LogP contribution in [0.4, 0.5) is 0 Å². The molecule has 0 aliphatic rings. The van der Waals surface area contributed by atoms with Gasteiger partial charge in [-0.25, -0.2) is 0 Å². The van der Waals surface area contributed by atoms with E-state index in [1.165, 1.54) is 13.8 Å². The molecule has 5 atom stereocenters. The van der Waals surface area contributed by atoms with E-state index in [0.29, 0.717) is 32.2 Å². The number of amides is 5. The second-order valence-electron chi connectivity index (χ2n) is 12.3. The number of nitrogens with one attached hydrogen (secondary N) is 5. The topological polar surface area (TPSA) is 222 Å². The number of hydrogen-bond acceptors (Lipinski definition) is 7. The van der Waals surface area contributed by atoms with Crippen LogP contribution in [-0.2, 0) is 36.8 Å². The predicted molar refractivity (Wildman–Crippen MR) is 183 cm³/mol. The van der Waals surface area contributed by atoms with Gasteiger partial charge in [0.25, 0.3) is 0 Å². The van der Waals surface area contributed by atoms with Crippen molar-refractivity contribution in [1.29, 1.82) is 0 Å². The normalized spacial score (nSPS) is 14.2. The van der Waals surface area contributed by atoms with Crippen molar-refractivity contribution >= 4 is 40.4 Å². The molecule has 3 aromatic rings. The molecule has 0 spiro atoms. The van der Waals surface area contributed by atoms with Crippen LogP contribution in [-0.4, -0.2) is 76.4 Å². The van der Waals surface area contributed by atoms with Gasteiger partial charge in [0.05, 0.1) is 12.1 Å². The van der Waals surface area contributed by atoms with E-state index < -0.39 is 53.9 Å². The van der Waals surface area contributed by atoms with Gasteiger partial charge in [-0.05, 0) is 49.9 Å². The number of fused-ring (bicyclic) bond motifs is 1. The van der Waals surface area contributed by atoms with E-state index >= 15 is 0 Å². The minimum atomic E-state index is -1.02. The molecule has 13 heteroatoms. The molecule has 5 amide bonds. The molecule has 0 aliphatic carbocycles. The number of H-pyrrole nitrogens is 1. The smallest absolute Gasteiger partial charge is 0.243 e. The number of carbonyl (C=O) groups excluding carboxylic acids is 5. The van der Waals surface area contributed by atoms with E-state index in [9.17, 15) is 29.1 Å². The highest BCUT2D eigenvalue weighted by atomic mass is 16.3. The fourth-order valence-corrected chi connectivity index (χ4v) is 5.68. The Morgan fingerprint density at radius 2 is 1.48 bits per heavy atom. The summed E-state index contributed by atoms with van der Waals surface area (Å²) in [6, 6.07) is 14.1. The number of rotatable bonds is 20. The molecule has 260 valence electrons. The van der Waals surface area contributed by atoms with Gasteiger partial charge in [0.15, 0.2) is 0 Å². The van der Waals surface area contributed by atoms with Gasteiger partial charge < -0.3 is 42.8 Å². The summed E-state index contributed by atoms with van der Waals surface area (Å²) in [7, 11) is 0. The summed E-state index contributed by atoms with van der Waals surface area (Å²) < 4.78 is 0. The maximum Gasteiger partial charge on any atom is 0.243 e. The molecule has 48 heavy (non-hydrogen) atoms. The van der Waals surface area contributed by atoms with Crippen LogP contribution in [0.25, 0.3) is 10.9 Å². The number of carbonyl (C=O) groups is 5. The number of hydrogen-bond donors (Lipinski definition) is 8. The second kappa shape index (κ2) is 19.2. The summed E-state index contributed by atoms with van der Waals surface area (Å²) in [6.45, 7) is 3.28. The van der Waals surface area contributed by atoms with Crippen molar-refractivity contribution in [3.8, 4) is 0 Å². The average Bonchev–Trinajstić information content (AvgIpc) is 3.43. The number of para-hydroxylation sites is 1. The van der Waals surface area contributed by atoms with Gasteiger partial charge in [-0.1, -0.05) is 55.0 Å². The molecule has 0 radical (unpaired) electrons. The van der Waals surface area contributed by atoms with Gasteiger partial charge in [0.1, 0.15) is 6.04 Å². The van der Waals surface area contributed by atoms with E-state index in [-0.39, 0.29) is 31.6 Å². The monoisotopic (exact) mass is 663 g/mol. The molecule has 13 nitrogen and oxygen atoms in total. The molecular weight excluding hydrogens is 614 g/mol. The first-order valence-corrected chi connectivity index (χ1v) is 16.4. The maximum atomic E-state index is 13.9. The lowest BCUT2D eigenvalue weighted by atomic mass is 10.00. The first-order valence-electron chi connectivity index (χ1n) is 16.4. The summed E-state index contributed by atoms with van der Waals surface area (Å²) >= 11 is 0. The Balaban J connectivity index is 1.81. The molecule has 3 rings (SSSR count). The van der Waals surface area contributed by atoms with Crippen LogP contribution in [0, 0.1) is 0 Å². The van der Waals surface area contributed by atoms with Gasteiger partial charge in [-0.15, -0.1) is 0 Å². The van der Waals surface area contributed by atoms with E-state index in [4.69, 9.17) is 11.5 Å². The third kappa shape index (κ3) is 12.8. The molecular formula is C35H49N7O6. The molecule has 0 fully saturated rings. The number of benzene rings is 2. The first-order chi connectivity index (χ1) is 22.9. The van der Waals surface area contributed by atoms with Gasteiger partial charge in [0, 0.05) is 61.8 Å². The fourth-order valence-electron chi connectivity index (χ4n) is 5.68. The molecule has 1 aromatic heterocycles. The lowest BCUT2D eigenvalue weighted by Crippen LogP contribution is -2.53. The number of nitrogens with two attached hydrogens (primary N) is 2. The van der Waals surface area contributed by atoms with Gasteiger partial charge in [0.2, 0.25) is 29.5 Å². The predicted octanol–water partition coefficient (Wildman–Crippen LogP) is 1.08. The summed E-state index contributed by atoms with van der Waals surface area (Å²) in [5.74, 6) is -2.33. The Labute approximate surface area is 281 Å².